The third kappa shape index (κ3) is 5.43. The predicted molar refractivity (Wildman–Crippen MR) is 118 cm³/mol. The van der Waals surface area contributed by atoms with Crippen molar-refractivity contribution in [2.24, 2.45) is 0 Å². The number of nitrogens with zero attached hydrogens (tertiary/aromatic N) is 2. The Balaban J connectivity index is 1.83. The molecule has 170 valence electrons. The minimum atomic E-state index is -4.64. The zero-order valence-corrected chi connectivity index (χ0v) is 18.6. The summed E-state index contributed by atoms with van der Waals surface area (Å²) >= 11 is 6.61. The van der Waals surface area contributed by atoms with E-state index in [1.807, 2.05) is 0 Å². The normalized spacial score (nSPS) is 12.7. The Bertz CT molecular complexity index is 1200. The highest BCUT2D eigenvalue weighted by molar-refractivity contribution is 7.99. The van der Waals surface area contributed by atoms with E-state index >= 15 is 0 Å². The van der Waals surface area contributed by atoms with E-state index in [-0.39, 0.29) is 29.6 Å². The number of carbonyl (C=O) groups is 1. The Morgan fingerprint density at radius 1 is 1.28 bits per heavy atom. The highest BCUT2D eigenvalue weighted by atomic mass is 35.5. The van der Waals surface area contributed by atoms with Crippen molar-refractivity contribution in [2.75, 3.05) is 24.8 Å². The van der Waals surface area contributed by atoms with Crippen molar-refractivity contribution in [2.45, 2.75) is 24.3 Å². The maximum absolute atomic E-state index is 13.0. The molecule has 0 bridgehead atoms. The molecule has 11 heteroatoms. The van der Waals surface area contributed by atoms with Crippen LogP contribution in [0.4, 0.5) is 18.9 Å². The van der Waals surface area contributed by atoms with Gasteiger partial charge >= 0.3 is 6.18 Å². The number of alkyl halides is 3. The van der Waals surface area contributed by atoms with Crippen LogP contribution in [0.15, 0.2) is 52.4 Å². The molecule has 3 rings (SSSR count). The number of hydrogen-bond donors (Lipinski definition) is 1. The second-order valence-electron chi connectivity index (χ2n) is 6.92. The minimum Gasteiger partial charge on any atom is -0.383 e. The van der Waals surface area contributed by atoms with Crippen LogP contribution >= 0.6 is 23.4 Å². The molecule has 0 radical (unpaired) electrons. The second kappa shape index (κ2) is 9.93. The molecule has 1 aromatic heterocycles. The molecule has 0 aliphatic rings. The molecule has 0 aliphatic heterocycles. The van der Waals surface area contributed by atoms with Crippen LogP contribution in [0.25, 0.3) is 10.9 Å². The maximum Gasteiger partial charge on any atom is 0.417 e. The van der Waals surface area contributed by atoms with Crippen LogP contribution in [0.3, 0.4) is 0 Å². The van der Waals surface area contributed by atoms with Crippen LogP contribution in [-0.4, -0.2) is 34.9 Å². The van der Waals surface area contributed by atoms with Gasteiger partial charge < -0.3 is 10.1 Å². The molecule has 0 aliphatic carbocycles. The molecule has 0 saturated heterocycles. The fraction of sp³-hybridized carbons (Fsp3) is 0.286. The lowest BCUT2D eigenvalue weighted by Crippen LogP contribution is -2.29. The number of methoxy groups -OCH3 is 1. The molecule has 0 fully saturated rings. The van der Waals surface area contributed by atoms with Gasteiger partial charge in [-0.3, -0.25) is 14.2 Å². The first-order valence-electron chi connectivity index (χ1n) is 9.41. The molecule has 1 heterocycles. The fourth-order valence-electron chi connectivity index (χ4n) is 3.08. The number of halogens is 4. The molecular formula is C21H19ClF3N3O3S. The van der Waals surface area contributed by atoms with Crippen molar-refractivity contribution in [3.63, 3.8) is 0 Å². The first-order valence-corrected chi connectivity index (χ1v) is 10.8. The van der Waals surface area contributed by atoms with E-state index in [0.717, 1.165) is 23.9 Å². The molecule has 3 aromatic rings. The molecule has 32 heavy (non-hydrogen) atoms. The number of hydrogen-bond acceptors (Lipinski definition) is 5. The number of anilines is 1. The largest absolute Gasteiger partial charge is 0.417 e. The topological polar surface area (TPSA) is 73.2 Å². The number of benzene rings is 2. The average molecular weight is 486 g/mol. The molecule has 1 atom stereocenters. The van der Waals surface area contributed by atoms with Crippen molar-refractivity contribution in [3.8, 4) is 0 Å². The van der Waals surface area contributed by atoms with Crippen molar-refractivity contribution in [3.05, 3.63) is 63.4 Å². The number of nitrogens with one attached hydrogen (secondary N) is 1. The first kappa shape index (κ1) is 24.1. The summed E-state index contributed by atoms with van der Waals surface area (Å²) in [6, 6.07) is 9.62. The van der Waals surface area contributed by atoms with Crippen molar-refractivity contribution < 1.29 is 22.7 Å². The third-order valence-electron chi connectivity index (χ3n) is 4.51. The SMILES string of the molecule is COC[C@@H](C)n1c(SCC(=O)Nc2ccc(Cl)c(C(F)(F)F)c2)nc2ccccc2c1=O. The van der Waals surface area contributed by atoms with E-state index in [1.165, 1.54) is 17.7 Å². The quantitative estimate of drug-likeness (QED) is 0.376. The lowest BCUT2D eigenvalue weighted by atomic mass is 10.2. The summed E-state index contributed by atoms with van der Waals surface area (Å²) < 4.78 is 45.7. The molecule has 1 amide bonds. The number of fused-ring (bicyclic) bond motifs is 1. The lowest BCUT2D eigenvalue weighted by Gasteiger charge is -2.18. The third-order valence-corrected chi connectivity index (χ3v) is 5.79. The van der Waals surface area contributed by atoms with Crippen LogP contribution in [0, 0.1) is 0 Å². The molecule has 0 spiro atoms. The lowest BCUT2D eigenvalue weighted by molar-refractivity contribution is -0.137. The summed E-state index contributed by atoms with van der Waals surface area (Å²) in [6.45, 7) is 2.04. The van der Waals surface area contributed by atoms with Gasteiger partial charge in [-0.15, -0.1) is 0 Å². The number of amides is 1. The minimum absolute atomic E-state index is 0.0380. The zero-order chi connectivity index (χ0) is 23.5. The van der Waals surface area contributed by atoms with E-state index < -0.39 is 22.7 Å². The number of para-hydroxylation sites is 1. The number of rotatable bonds is 7. The maximum atomic E-state index is 13.0. The molecule has 0 unspecified atom stereocenters. The van der Waals surface area contributed by atoms with E-state index in [1.54, 1.807) is 31.2 Å². The average Bonchev–Trinajstić information content (AvgIpc) is 2.73. The standard InChI is InChI=1S/C21H19ClF3N3O3S/c1-12(10-31-2)28-19(30)14-5-3-4-6-17(14)27-20(28)32-11-18(29)26-13-7-8-16(22)15(9-13)21(23,24)25/h3-9,12H,10-11H2,1-2H3,(H,26,29)/t12-/m1/s1. The Hall–Kier alpha value is -2.56. The van der Waals surface area contributed by atoms with E-state index in [9.17, 15) is 22.8 Å². The van der Waals surface area contributed by atoms with Gasteiger partial charge in [0.2, 0.25) is 5.91 Å². The summed E-state index contributed by atoms with van der Waals surface area (Å²) in [5.41, 5.74) is -0.864. The van der Waals surface area contributed by atoms with Crippen LogP contribution in [0.2, 0.25) is 5.02 Å². The smallest absolute Gasteiger partial charge is 0.383 e. The van der Waals surface area contributed by atoms with Crippen molar-refractivity contribution in [1.29, 1.82) is 0 Å². The van der Waals surface area contributed by atoms with Gasteiger partial charge in [0.1, 0.15) is 0 Å². The van der Waals surface area contributed by atoms with Crippen molar-refractivity contribution >= 4 is 45.9 Å². The zero-order valence-electron chi connectivity index (χ0n) is 17.1. The molecule has 2 aromatic carbocycles. The summed E-state index contributed by atoms with van der Waals surface area (Å²) in [7, 11) is 1.51. The van der Waals surface area contributed by atoms with Crippen LogP contribution in [0.1, 0.15) is 18.5 Å². The van der Waals surface area contributed by atoms with Gasteiger partial charge in [0.05, 0.1) is 39.9 Å². The van der Waals surface area contributed by atoms with Gasteiger partial charge in [-0.25, -0.2) is 4.98 Å². The van der Waals surface area contributed by atoms with Gasteiger partial charge in [-0.1, -0.05) is 35.5 Å². The summed E-state index contributed by atoms with van der Waals surface area (Å²) in [4.78, 5) is 29.9. The van der Waals surface area contributed by atoms with E-state index in [2.05, 4.69) is 10.3 Å². The summed E-state index contributed by atoms with van der Waals surface area (Å²) in [5, 5.41) is 2.70. The van der Waals surface area contributed by atoms with Gasteiger partial charge in [0, 0.05) is 12.8 Å². The Kier molecular flexibility index (Phi) is 7.47. The molecule has 0 saturated carbocycles. The number of aromatic nitrogens is 2. The fourth-order valence-corrected chi connectivity index (χ4v) is 4.20. The van der Waals surface area contributed by atoms with Crippen LogP contribution in [-0.2, 0) is 15.7 Å². The first-order chi connectivity index (χ1) is 15.1. The highest BCUT2D eigenvalue weighted by Gasteiger charge is 2.33. The van der Waals surface area contributed by atoms with Gasteiger partial charge in [-0.2, -0.15) is 13.2 Å². The molecular weight excluding hydrogens is 467 g/mol. The highest BCUT2D eigenvalue weighted by Crippen LogP contribution is 2.36. The van der Waals surface area contributed by atoms with Crippen molar-refractivity contribution in [1.82, 2.24) is 9.55 Å². The second-order valence-corrected chi connectivity index (χ2v) is 8.27. The van der Waals surface area contributed by atoms with Gasteiger partial charge in [0.25, 0.3) is 5.56 Å². The van der Waals surface area contributed by atoms with Gasteiger partial charge in [-0.05, 0) is 37.3 Å². The summed E-state index contributed by atoms with van der Waals surface area (Å²) in [5.74, 6) is -0.729. The predicted octanol–water partition coefficient (Wildman–Crippen LogP) is 5.01. The number of carbonyl (C=O) groups excluding carboxylic acids is 1. The van der Waals surface area contributed by atoms with E-state index in [0.29, 0.717) is 16.1 Å². The molecule has 1 N–H and O–H groups in total. The number of ether oxygens (including phenoxy) is 1. The van der Waals surface area contributed by atoms with Gasteiger partial charge in [0.15, 0.2) is 5.16 Å². The summed E-state index contributed by atoms with van der Waals surface area (Å²) in [6.07, 6.45) is -4.64. The Labute approximate surface area is 190 Å². The van der Waals surface area contributed by atoms with E-state index in [4.69, 9.17) is 16.3 Å². The number of thioether (sulfide) groups is 1. The Morgan fingerprint density at radius 2 is 2.00 bits per heavy atom. The monoisotopic (exact) mass is 485 g/mol. The van der Waals surface area contributed by atoms with Crippen LogP contribution in [0.5, 0.6) is 0 Å². The molecule has 6 nitrogen and oxygen atoms in total. The van der Waals surface area contributed by atoms with Crippen LogP contribution < -0.4 is 10.9 Å². The Morgan fingerprint density at radius 3 is 2.69 bits per heavy atom.